The number of halogens is 1. The number of carbonyl (C=O) groups is 1. The molecule has 1 N–H and O–H groups in total. The topological polar surface area (TPSA) is 59.4 Å². The van der Waals surface area contributed by atoms with Gasteiger partial charge in [-0.2, -0.15) is 0 Å². The lowest BCUT2D eigenvalue weighted by Gasteiger charge is -2.22. The van der Waals surface area contributed by atoms with Gasteiger partial charge in [0.05, 0.1) is 12.3 Å². The highest BCUT2D eigenvalue weighted by molar-refractivity contribution is 9.10. The van der Waals surface area contributed by atoms with Crippen molar-refractivity contribution in [3.8, 4) is 0 Å². The summed E-state index contributed by atoms with van der Waals surface area (Å²) in [6.45, 7) is 0.660. The number of aromatic nitrogens is 1. The van der Waals surface area contributed by atoms with Gasteiger partial charge in [-0.15, -0.1) is 0 Å². The van der Waals surface area contributed by atoms with Crippen molar-refractivity contribution in [2.45, 2.75) is 11.8 Å². The van der Waals surface area contributed by atoms with Crippen molar-refractivity contribution in [2.24, 2.45) is 0 Å². The van der Waals surface area contributed by atoms with E-state index in [4.69, 9.17) is 4.74 Å². The van der Waals surface area contributed by atoms with Gasteiger partial charge >= 0.3 is 5.97 Å². The Balaban J connectivity index is 2.50. The Labute approximate surface area is 95.4 Å². The van der Waals surface area contributed by atoms with Crippen molar-refractivity contribution < 1.29 is 14.6 Å². The molecule has 0 aromatic carbocycles. The summed E-state index contributed by atoms with van der Waals surface area (Å²) in [5.74, 6) is -0.876. The Morgan fingerprint density at radius 2 is 2.47 bits per heavy atom. The van der Waals surface area contributed by atoms with Gasteiger partial charge in [0.25, 0.3) is 0 Å². The van der Waals surface area contributed by atoms with E-state index in [0.29, 0.717) is 18.7 Å². The van der Waals surface area contributed by atoms with E-state index in [9.17, 15) is 9.90 Å². The maximum atomic E-state index is 11.3. The molecule has 1 aliphatic rings. The van der Waals surface area contributed by atoms with Crippen LogP contribution in [0.3, 0.4) is 0 Å². The average Bonchev–Trinajstić information content (AvgIpc) is 2.68. The molecule has 1 atom stereocenters. The van der Waals surface area contributed by atoms with Crippen LogP contribution >= 0.6 is 15.9 Å². The van der Waals surface area contributed by atoms with Gasteiger partial charge in [-0.25, -0.2) is 0 Å². The van der Waals surface area contributed by atoms with Crippen molar-refractivity contribution in [3.05, 3.63) is 28.5 Å². The summed E-state index contributed by atoms with van der Waals surface area (Å²) in [5.41, 5.74) is -0.435. The van der Waals surface area contributed by atoms with E-state index in [1.165, 1.54) is 0 Å². The second kappa shape index (κ2) is 3.90. The highest BCUT2D eigenvalue weighted by atomic mass is 79.9. The molecule has 0 radical (unpaired) electrons. The molecule has 80 valence electrons. The van der Waals surface area contributed by atoms with E-state index in [-0.39, 0.29) is 6.61 Å². The van der Waals surface area contributed by atoms with Gasteiger partial charge in [0.15, 0.2) is 0 Å². The normalized spacial score (nSPS) is 25.4. The molecule has 1 aliphatic heterocycles. The SMILES string of the molecule is O=C(O)C1(c2ncccc2Br)CCOC1. The summed E-state index contributed by atoms with van der Waals surface area (Å²) < 4.78 is 5.91. The summed E-state index contributed by atoms with van der Waals surface area (Å²) in [4.78, 5) is 15.5. The largest absolute Gasteiger partial charge is 0.480 e. The lowest BCUT2D eigenvalue weighted by atomic mass is 9.83. The molecule has 2 rings (SSSR count). The molecule has 2 heterocycles. The minimum absolute atomic E-state index is 0.192. The Kier molecular flexibility index (Phi) is 2.75. The first-order valence-electron chi connectivity index (χ1n) is 4.59. The number of nitrogens with zero attached hydrogens (tertiary/aromatic N) is 1. The second-order valence-corrected chi connectivity index (χ2v) is 4.38. The molecule has 1 saturated heterocycles. The number of aliphatic carboxylic acids is 1. The summed E-state index contributed by atoms with van der Waals surface area (Å²) in [6.07, 6.45) is 2.07. The zero-order valence-electron chi connectivity index (χ0n) is 7.94. The monoisotopic (exact) mass is 271 g/mol. The van der Waals surface area contributed by atoms with E-state index < -0.39 is 11.4 Å². The van der Waals surface area contributed by atoms with Gasteiger partial charge in [0.1, 0.15) is 5.41 Å². The van der Waals surface area contributed by atoms with Crippen LogP contribution in [-0.4, -0.2) is 29.3 Å². The summed E-state index contributed by atoms with van der Waals surface area (Å²) in [6, 6.07) is 3.56. The minimum Gasteiger partial charge on any atom is -0.480 e. The highest BCUT2D eigenvalue weighted by Crippen LogP contribution is 2.36. The standard InChI is InChI=1S/C10H10BrNO3/c11-7-2-1-4-12-8(7)10(9(13)14)3-5-15-6-10/h1-2,4H,3,5-6H2,(H,13,14). The number of carboxylic acids is 1. The highest BCUT2D eigenvalue weighted by Gasteiger charge is 2.46. The van der Waals surface area contributed by atoms with Crippen molar-refractivity contribution in [2.75, 3.05) is 13.2 Å². The van der Waals surface area contributed by atoms with Crippen molar-refractivity contribution in [1.29, 1.82) is 0 Å². The van der Waals surface area contributed by atoms with E-state index >= 15 is 0 Å². The number of pyridine rings is 1. The zero-order valence-corrected chi connectivity index (χ0v) is 9.53. The quantitative estimate of drug-likeness (QED) is 0.888. The van der Waals surface area contributed by atoms with Crippen LogP contribution in [0.5, 0.6) is 0 Å². The lowest BCUT2D eigenvalue weighted by Crippen LogP contribution is -2.37. The Morgan fingerprint density at radius 1 is 1.67 bits per heavy atom. The van der Waals surface area contributed by atoms with Crippen LogP contribution in [-0.2, 0) is 14.9 Å². The molecule has 0 amide bonds. The first-order chi connectivity index (χ1) is 7.17. The first kappa shape index (κ1) is 10.6. The van der Waals surface area contributed by atoms with Crippen LogP contribution in [0.15, 0.2) is 22.8 Å². The third-order valence-corrected chi connectivity index (χ3v) is 3.28. The lowest BCUT2D eigenvalue weighted by molar-refractivity contribution is -0.144. The molecule has 1 aromatic rings. The van der Waals surface area contributed by atoms with Gasteiger partial charge in [-0.1, -0.05) is 0 Å². The van der Waals surface area contributed by atoms with Crippen molar-refractivity contribution >= 4 is 21.9 Å². The van der Waals surface area contributed by atoms with Crippen LogP contribution < -0.4 is 0 Å². The zero-order chi connectivity index (χ0) is 10.9. The van der Waals surface area contributed by atoms with Crippen molar-refractivity contribution in [3.63, 3.8) is 0 Å². The van der Waals surface area contributed by atoms with Crippen molar-refractivity contribution in [1.82, 2.24) is 4.98 Å². The maximum absolute atomic E-state index is 11.3. The number of hydrogen-bond acceptors (Lipinski definition) is 3. The third-order valence-electron chi connectivity index (χ3n) is 2.64. The fourth-order valence-corrected chi connectivity index (χ4v) is 2.39. The summed E-state index contributed by atoms with van der Waals surface area (Å²) in [5, 5.41) is 9.30. The molecule has 1 fully saturated rings. The van der Waals surface area contributed by atoms with Crippen LogP contribution in [0.1, 0.15) is 12.1 Å². The van der Waals surface area contributed by atoms with Crippen LogP contribution in [0.4, 0.5) is 0 Å². The number of rotatable bonds is 2. The fourth-order valence-electron chi connectivity index (χ4n) is 1.76. The second-order valence-electron chi connectivity index (χ2n) is 3.52. The minimum atomic E-state index is -0.986. The van der Waals surface area contributed by atoms with E-state index in [1.807, 2.05) is 0 Å². The third kappa shape index (κ3) is 1.66. The molecule has 1 aromatic heterocycles. The Hall–Kier alpha value is -0.940. The van der Waals surface area contributed by atoms with E-state index in [2.05, 4.69) is 20.9 Å². The van der Waals surface area contributed by atoms with Gasteiger partial charge in [0.2, 0.25) is 0 Å². The molecule has 15 heavy (non-hydrogen) atoms. The summed E-state index contributed by atoms with van der Waals surface area (Å²) >= 11 is 3.33. The molecule has 5 heteroatoms. The Morgan fingerprint density at radius 3 is 3.00 bits per heavy atom. The van der Waals surface area contributed by atoms with Crippen LogP contribution in [0, 0.1) is 0 Å². The number of hydrogen-bond donors (Lipinski definition) is 1. The molecule has 4 nitrogen and oxygen atoms in total. The van der Waals surface area contributed by atoms with Crippen LogP contribution in [0.25, 0.3) is 0 Å². The predicted octanol–water partition coefficient (Wildman–Crippen LogP) is 1.59. The molecule has 0 saturated carbocycles. The smallest absolute Gasteiger partial charge is 0.318 e. The van der Waals surface area contributed by atoms with Crippen LogP contribution in [0.2, 0.25) is 0 Å². The van der Waals surface area contributed by atoms with E-state index in [1.54, 1.807) is 18.3 Å². The van der Waals surface area contributed by atoms with Gasteiger partial charge in [0, 0.05) is 17.3 Å². The average molecular weight is 272 g/mol. The summed E-state index contributed by atoms with van der Waals surface area (Å²) in [7, 11) is 0. The molecule has 0 bridgehead atoms. The first-order valence-corrected chi connectivity index (χ1v) is 5.38. The van der Waals surface area contributed by atoms with E-state index in [0.717, 1.165) is 4.47 Å². The maximum Gasteiger partial charge on any atom is 0.318 e. The van der Waals surface area contributed by atoms with Gasteiger partial charge in [-0.3, -0.25) is 9.78 Å². The molecule has 0 aliphatic carbocycles. The van der Waals surface area contributed by atoms with Gasteiger partial charge in [-0.05, 0) is 34.5 Å². The number of carboxylic acid groups (broad SMARTS) is 1. The fraction of sp³-hybridized carbons (Fsp3) is 0.400. The molecular formula is C10H10BrNO3. The molecular weight excluding hydrogens is 262 g/mol. The Bertz CT molecular complexity index is 388. The number of ether oxygens (including phenoxy) is 1. The molecule has 1 unspecified atom stereocenters. The van der Waals surface area contributed by atoms with Gasteiger partial charge < -0.3 is 9.84 Å². The predicted molar refractivity (Wildman–Crippen MR) is 56.7 cm³/mol. The molecule has 0 spiro atoms.